The molecule has 0 bridgehead atoms. The molecule has 3 aromatic rings. The fourth-order valence-electron chi connectivity index (χ4n) is 2.74. The molecule has 0 fully saturated rings. The predicted octanol–water partition coefficient (Wildman–Crippen LogP) is 3.16. The zero-order valence-corrected chi connectivity index (χ0v) is 15.2. The van der Waals surface area contributed by atoms with E-state index in [1.165, 1.54) is 18.2 Å². The molecule has 0 saturated heterocycles. The normalized spacial score (nSPS) is 13.0. The maximum Gasteiger partial charge on any atom is 0.261 e. The Morgan fingerprint density at radius 1 is 0.750 bits per heavy atom. The standard InChI is InChI=1S/C20H14N2O5S/c23-19-17-11-10-16(12-18(17)20(24)21-19)28(25,26)22-13-6-8-15(9-7-13)27-14-4-2-1-3-5-14/h1-12,22H,(H,21,23,24). The molecule has 0 spiro atoms. The zero-order valence-electron chi connectivity index (χ0n) is 14.4. The van der Waals surface area contributed by atoms with Gasteiger partial charge in [-0.1, -0.05) is 18.2 Å². The van der Waals surface area contributed by atoms with E-state index in [0.717, 1.165) is 0 Å². The number of carbonyl (C=O) groups excluding carboxylic acids is 2. The number of hydrogen-bond donors (Lipinski definition) is 2. The summed E-state index contributed by atoms with van der Waals surface area (Å²) in [5.41, 5.74) is 0.535. The van der Waals surface area contributed by atoms with Crippen LogP contribution in [0.3, 0.4) is 0 Å². The highest BCUT2D eigenvalue weighted by molar-refractivity contribution is 7.92. The second-order valence-corrected chi connectivity index (χ2v) is 7.72. The van der Waals surface area contributed by atoms with E-state index in [1.807, 2.05) is 30.3 Å². The van der Waals surface area contributed by atoms with Gasteiger partial charge in [0.05, 0.1) is 16.0 Å². The number of carbonyl (C=O) groups is 2. The maximum atomic E-state index is 12.6. The van der Waals surface area contributed by atoms with Gasteiger partial charge in [0, 0.05) is 5.69 Å². The average molecular weight is 394 g/mol. The Morgan fingerprint density at radius 2 is 1.39 bits per heavy atom. The highest BCUT2D eigenvalue weighted by Gasteiger charge is 2.28. The van der Waals surface area contributed by atoms with E-state index >= 15 is 0 Å². The van der Waals surface area contributed by atoms with Crippen LogP contribution in [-0.2, 0) is 10.0 Å². The molecule has 8 heteroatoms. The quantitative estimate of drug-likeness (QED) is 0.647. The molecule has 2 N–H and O–H groups in total. The Bertz CT molecular complexity index is 1170. The monoisotopic (exact) mass is 394 g/mol. The van der Waals surface area contributed by atoms with Gasteiger partial charge in [0.15, 0.2) is 0 Å². The molecule has 0 aromatic heterocycles. The molecule has 1 aliphatic rings. The fraction of sp³-hybridized carbons (Fsp3) is 0. The van der Waals surface area contributed by atoms with E-state index in [1.54, 1.807) is 24.3 Å². The number of para-hydroxylation sites is 1. The van der Waals surface area contributed by atoms with Gasteiger partial charge < -0.3 is 4.74 Å². The number of hydrogen-bond acceptors (Lipinski definition) is 5. The molecule has 0 unspecified atom stereocenters. The number of sulfonamides is 1. The van der Waals surface area contributed by atoms with Gasteiger partial charge >= 0.3 is 0 Å². The van der Waals surface area contributed by atoms with Crippen LogP contribution in [0, 0.1) is 0 Å². The van der Waals surface area contributed by atoms with Crippen LogP contribution in [-0.4, -0.2) is 20.2 Å². The van der Waals surface area contributed by atoms with Crippen molar-refractivity contribution in [1.82, 2.24) is 5.32 Å². The first-order valence-corrected chi connectivity index (χ1v) is 9.76. The third-order valence-electron chi connectivity index (χ3n) is 4.10. The molecule has 3 aromatic carbocycles. The molecule has 28 heavy (non-hydrogen) atoms. The van der Waals surface area contributed by atoms with Gasteiger partial charge in [-0.05, 0) is 54.6 Å². The second kappa shape index (κ2) is 6.82. The Kier molecular flexibility index (Phi) is 4.32. The summed E-state index contributed by atoms with van der Waals surface area (Å²) in [5.74, 6) is 0.0778. The SMILES string of the molecule is O=C1NC(=O)c2cc(S(=O)(=O)Nc3ccc(Oc4ccccc4)cc3)ccc21. The number of anilines is 1. The fourth-order valence-corrected chi connectivity index (χ4v) is 3.83. The maximum absolute atomic E-state index is 12.6. The van der Waals surface area contributed by atoms with E-state index < -0.39 is 21.8 Å². The number of ether oxygens (including phenoxy) is 1. The van der Waals surface area contributed by atoms with Gasteiger partial charge in [-0.2, -0.15) is 0 Å². The van der Waals surface area contributed by atoms with Gasteiger partial charge in [0.2, 0.25) is 0 Å². The number of rotatable bonds is 5. The molecule has 7 nitrogen and oxygen atoms in total. The van der Waals surface area contributed by atoms with E-state index in [4.69, 9.17) is 4.74 Å². The van der Waals surface area contributed by atoms with Crippen LogP contribution >= 0.6 is 0 Å². The van der Waals surface area contributed by atoms with Gasteiger partial charge in [0.25, 0.3) is 21.8 Å². The Balaban J connectivity index is 1.53. The third kappa shape index (κ3) is 3.45. The lowest BCUT2D eigenvalue weighted by Gasteiger charge is -2.10. The molecule has 4 rings (SSSR count). The highest BCUT2D eigenvalue weighted by Crippen LogP contribution is 2.25. The first-order valence-electron chi connectivity index (χ1n) is 8.28. The highest BCUT2D eigenvalue weighted by atomic mass is 32.2. The Morgan fingerprint density at radius 3 is 2.11 bits per heavy atom. The van der Waals surface area contributed by atoms with Crippen molar-refractivity contribution >= 4 is 27.5 Å². The van der Waals surface area contributed by atoms with E-state index in [9.17, 15) is 18.0 Å². The zero-order chi connectivity index (χ0) is 19.7. The summed E-state index contributed by atoms with van der Waals surface area (Å²) in [4.78, 5) is 23.2. The first-order chi connectivity index (χ1) is 13.4. The van der Waals surface area contributed by atoms with E-state index in [2.05, 4.69) is 10.0 Å². The summed E-state index contributed by atoms with van der Waals surface area (Å²) in [6.45, 7) is 0. The summed E-state index contributed by atoms with van der Waals surface area (Å²) in [6.07, 6.45) is 0. The van der Waals surface area contributed by atoms with Crippen molar-refractivity contribution < 1.29 is 22.7 Å². The Hall–Kier alpha value is -3.65. The molecular formula is C20H14N2O5S. The summed E-state index contributed by atoms with van der Waals surface area (Å²) in [5, 5.41) is 2.13. The van der Waals surface area contributed by atoms with Crippen molar-refractivity contribution in [3.8, 4) is 11.5 Å². The molecule has 140 valence electrons. The van der Waals surface area contributed by atoms with Crippen molar-refractivity contribution in [3.05, 3.63) is 83.9 Å². The molecule has 1 aliphatic heterocycles. The number of fused-ring (bicyclic) bond motifs is 1. The molecule has 2 amide bonds. The Labute approximate surface area is 161 Å². The minimum absolute atomic E-state index is 0.0412. The molecular weight excluding hydrogens is 380 g/mol. The van der Waals surface area contributed by atoms with Crippen LogP contribution < -0.4 is 14.8 Å². The van der Waals surface area contributed by atoms with Crippen LogP contribution in [0.2, 0.25) is 0 Å². The van der Waals surface area contributed by atoms with Gasteiger partial charge in [-0.15, -0.1) is 0 Å². The number of nitrogens with one attached hydrogen (secondary N) is 2. The van der Waals surface area contributed by atoms with Gasteiger partial charge in [-0.25, -0.2) is 8.42 Å². The second-order valence-electron chi connectivity index (χ2n) is 6.04. The van der Waals surface area contributed by atoms with E-state index in [0.29, 0.717) is 17.2 Å². The van der Waals surface area contributed by atoms with Crippen molar-refractivity contribution in [2.75, 3.05) is 4.72 Å². The summed E-state index contributed by atoms with van der Waals surface area (Å²) in [7, 11) is -3.93. The van der Waals surface area contributed by atoms with Gasteiger partial charge in [0.1, 0.15) is 11.5 Å². The lowest BCUT2D eigenvalue weighted by atomic mass is 10.1. The first kappa shape index (κ1) is 17.7. The minimum Gasteiger partial charge on any atom is -0.457 e. The number of imide groups is 1. The van der Waals surface area contributed by atoms with Crippen LogP contribution in [0.25, 0.3) is 0 Å². The molecule has 0 atom stereocenters. The molecule has 0 aliphatic carbocycles. The third-order valence-corrected chi connectivity index (χ3v) is 5.48. The van der Waals surface area contributed by atoms with Crippen molar-refractivity contribution in [2.24, 2.45) is 0 Å². The minimum atomic E-state index is -3.93. The van der Waals surface area contributed by atoms with Crippen LogP contribution in [0.15, 0.2) is 77.7 Å². The molecule has 1 heterocycles. The largest absolute Gasteiger partial charge is 0.457 e. The predicted molar refractivity (Wildman–Crippen MR) is 102 cm³/mol. The molecule has 0 saturated carbocycles. The van der Waals surface area contributed by atoms with Crippen LogP contribution in [0.5, 0.6) is 11.5 Å². The summed E-state index contributed by atoms with van der Waals surface area (Å²) in [6, 6.07) is 19.4. The van der Waals surface area contributed by atoms with Crippen molar-refractivity contribution in [3.63, 3.8) is 0 Å². The summed E-state index contributed by atoms with van der Waals surface area (Å²) >= 11 is 0. The lowest BCUT2D eigenvalue weighted by molar-refractivity contribution is 0.0879. The van der Waals surface area contributed by atoms with Crippen LogP contribution in [0.4, 0.5) is 5.69 Å². The van der Waals surface area contributed by atoms with Crippen LogP contribution in [0.1, 0.15) is 20.7 Å². The molecule has 0 radical (unpaired) electrons. The lowest BCUT2D eigenvalue weighted by Crippen LogP contribution is -2.19. The number of amides is 2. The van der Waals surface area contributed by atoms with Gasteiger partial charge in [-0.3, -0.25) is 19.6 Å². The van der Waals surface area contributed by atoms with Crippen molar-refractivity contribution in [1.29, 1.82) is 0 Å². The number of benzene rings is 3. The average Bonchev–Trinajstić information content (AvgIpc) is 2.97. The van der Waals surface area contributed by atoms with E-state index in [-0.39, 0.29) is 16.0 Å². The topological polar surface area (TPSA) is 102 Å². The smallest absolute Gasteiger partial charge is 0.261 e. The summed E-state index contributed by atoms with van der Waals surface area (Å²) < 4.78 is 33.3. The van der Waals surface area contributed by atoms with Crippen molar-refractivity contribution in [2.45, 2.75) is 4.90 Å².